The molecule has 0 fully saturated rings. The van der Waals surface area contributed by atoms with Crippen molar-refractivity contribution in [1.82, 2.24) is 25.0 Å². The van der Waals surface area contributed by atoms with Crippen LogP contribution in [0.2, 0.25) is 0 Å². The maximum Gasteiger partial charge on any atom is 0.251 e. The molecule has 7 nitrogen and oxygen atoms in total. The van der Waals surface area contributed by atoms with E-state index in [-0.39, 0.29) is 0 Å². The van der Waals surface area contributed by atoms with Gasteiger partial charge in [0.2, 0.25) is 5.89 Å². The van der Waals surface area contributed by atoms with Crippen LogP contribution in [0.3, 0.4) is 0 Å². The zero-order valence-electron chi connectivity index (χ0n) is 16.1. The highest BCUT2D eigenvalue weighted by molar-refractivity contribution is 5.96. The van der Waals surface area contributed by atoms with Crippen molar-refractivity contribution in [2.45, 2.75) is 72.4 Å². The number of unbranched alkanes of at least 4 members (excludes halogenated alkanes) is 1. The van der Waals surface area contributed by atoms with Gasteiger partial charge in [-0.2, -0.15) is 5.10 Å². The van der Waals surface area contributed by atoms with Gasteiger partial charge in [0.15, 0.2) is 5.65 Å². The monoisotopic (exact) mass is 356 g/mol. The molecule has 1 N–H and O–H groups in total. The van der Waals surface area contributed by atoms with Crippen LogP contribution in [-0.4, -0.2) is 31.0 Å². The van der Waals surface area contributed by atoms with Crippen LogP contribution in [0, 0.1) is 6.92 Å². The Morgan fingerprint density at radius 3 is 2.62 bits per heavy atom. The minimum atomic E-state index is 0.401. The van der Waals surface area contributed by atoms with Gasteiger partial charge in [0, 0.05) is 25.7 Å². The SMILES string of the molecule is CCCCC(CCC)Nc1c(-c2nnc(C)o2)cnc2c1cnn2CC. The lowest BCUT2D eigenvalue weighted by Crippen LogP contribution is -2.20. The number of aryl methyl sites for hydroxylation is 2. The summed E-state index contributed by atoms with van der Waals surface area (Å²) in [6.07, 6.45) is 9.48. The molecule has 3 aromatic rings. The molecule has 0 spiro atoms. The van der Waals surface area contributed by atoms with Gasteiger partial charge in [-0.25, -0.2) is 9.67 Å². The fraction of sp³-hybridized carbons (Fsp3) is 0.579. The highest BCUT2D eigenvalue weighted by atomic mass is 16.4. The average molecular weight is 356 g/mol. The maximum atomic E-state index is 5.69. The van der Waals surface area contributed by atoms with Gasteiger partial charge >= 0.3 is 0 Å². The molecule has 3 aromatic heterocycles. The fourth-order valence-corrected chi connectivity index (χ4v) is 3.27. The first-order valence-corrected chi connectivity index (χ1v) is 9.59. The van der Waals surface area contributed by atoms with Gasteiger partial charge in [-0.1, -0.05) is 33.1 Å². The smallest absolute Gasteiger partial charge is 0.251 e. The first-order chi connectivity index (χ1) is 12.7. The molecule has 0 radical (unpaired) electrons. The minimum absolute atomic E-state index is 0.401. The number of anilines is 1. The molecule has 0 saturated carbocycles. The zero-order chi connectivity index (χ0) is 18.5. The molecule has 0 saturated heterocycles. The number of hydrogen-bond donors (Lipinski definition) is 1. The first-order valence-electron chi connectivity index (χ1n) is 9.59. The Balaban J connectivity index is 2.07. The van der Waals surface area contributed by atoms with Gasteiger partial charge in [0.1, 0.15) is 0 Å². The van der Waals surface area contributed by atoms with E-state index < -0.39 is 0 Å². The Kier molecular flexibility index (Phi) is 5.85. The standard InChI is InChI=1S/C19H28N6O/c1-5-8-10-14(9-6-2)22-17-15-12-21-25(7-3)18(15)20-11-16(17)19-24-23-13(4)26-19/h11-12,14H,5-10H2,1-4H3,(H,20,22). The number of pyridine rings is 1. The molecule has 7 heteroatoms. The molecular weight excluding hydrogens is 328 g/mol. The molecule has 3 heterocycles. The number of nitrogens with one attached hydrogen (secondary N) is 1. The number of fused-ring (bicyclic) bond motifs is 1. The molecule has 1 unspecified atom stereocenters. The highest BCUT2D eigenvalue weighted by Crippen LogP contribution is 2.34. The normalized spacial score (nSPS) is 12.6. The van der Waals surface area contributed by atoms with Crippen LogP contribution in [0.4, 0.5) is 5.69 Å². The molecule has 0 aromatic carbocycles. The lowest BCUT2D eigenvalue weighted by molar-refractivity contribution is 0.532. The van der Waals surface area contributed by atoms with Crippen molar-refractivity contribution in [2.75, 3.05) is 5.32 Å². The third-order valence-electron chi connectivity index (χ3n) is 4.61. The highest BCUT2D eigenvalue weighted by Gasteiger charge is 2.20. The Morgan fingerprint density at radius 2 is 1.96 bits per heavy atom. The first kappa shape index (κ1) is 18.4. The minimum Gasteiger partial charge on any atom is -0.421 e. The third-order valence-corrected chi connectivity index (χ3v) is 4.61. The van der Waals surface area contributed by atoms with E-state index in [1.165, 1.54) is 12.8 Å². The Morgan fingerprint density at radius 1 is 1.12 bits per heavy atom. The summed E-state index contributed by atoms with van der Waals surface area (Å²) >= 11 is 0. The fourth-order valence-electron chi connectivity index (χ4n) is 3.27. The van der Waals surface area contributed by atoms with Crippen molar-refractivity contribution in [2.24, 2.45) is 0 Å². The van der Waals surface area contributed by atoms with Crippen LogP contribution in [0.5, 0.6) is 0 Å². The average Bonchev–Trinajstić information content (AvgIpc) is 3.26. The second-order valence-electron chi connectivity index (χ2n) is 6.64. The Hall–Kier alpha value is -2.44. The van der Waals surface area contributed by atoms with Gasteiger partial charge in [0.05, 0.1) is 22.8 Å². The van der Waals surface area contributed by atoms with Gasteiger partial charge in [-0.3, -0.25) is 0 Å². The second kappa shape index (κ2) is 8.29. The number of aromatic nitrogens is 5. The van der Waals surface area contributed by atoms with E-state index in [0.29, 0.717) is 17.8 Å². The van der Waals surface area contributed by atoms with E-state index in [1.54, 1.807) is 6.92 Å². The summed E-state index contributed by atoms with van der Waals surface area (Å²) in [5.74, 6) is 1.04. The maximum absolute atomic E-state index is 5.69. The van der Waals surface area contributed by atoms with E-state index in [9.17, 15) is 0 Å². The van der Waals surface area contributed by atoms with Crippen LogP contribution in [-0.2, 0) is 6.54 Å². The topological polar surface area (TPSA) is 81.7 Å². The van der Waals surface area contributed by atoms with E-state index in [2.05, 4.69) is 46.4 Å². The summed E-state index contributed by atoms with van der Waals surface area (Å²) in [4.78, 5) is 4.61. The predicted molar refractivity (Wildman–Crippen MR) is 103 cm³/mol. The summed E-state index contributed by atoms with van der Waals surface area (Å²) in [7, 11) is 0. The molecule has 0 bridgehead atoms. The molecule has 0 amide bonds. The zero-order valence-corrected chi connectivity index (χ0v) is 16.1. The lowest BCUT2D eigenvalue weighted by Gasteiger charge is -2.21. The summed E-state index contributed by atoms with van der Waals surface area (Å²) in [5, 5.41) is 17.4. The number of nitrogens with zero attached hydrogens (tertiary/aromatic N) is 5. The molecular formula is C19H28N6O. The van der Waals surface area contributed by atoms with Gasteiger partial charge < -0.3 is 9.73 Å². The predicted octanol–water partition coefficient (Wildman–Crippen LogP) is 4.58. The number of hydrogen-bond acceptors (Lipinski definition) is 6. The van der Waals surface area contributed by atoms with E-state index in [0.717, 1.165) is 48.1 Å². The van der Waals surface area contributed by atoms with Crippen molar-refractivity contribution in [3.05, 3.63) is 18.3 Å². The largest absolute Gasteiger partial charge is 0.421 e. The van der Waals surface area contributed by atoms with Crippen molar-refractivity contribution in [3.63, 3.8) is 0 Å². The molecule has 26 heavy (non-hydrogen) atoms. The van der Waals surface area contributed by atoms with Crippen LogP contribution in [0.25, 0.3) is 22.5 Å². The molecule has 0 aliphatic heterocycles. The molecule has 140 valence electrons. The van der Waals surface area contributed by atoms with Crippen LogP contribution < -0.4 is 5.32 Å². The van der Waals surface area contributed by atoms with Crippen molar-refractivity contribution in [3.8, 4) is 11.5 Å². The number of rotatable bonds is 9. The van der Waals surface area contributed by atoms with Gasteiger partial charge in [-0.15, -0.1) is 10.2 Å². The Bertz CT molecular complexity index is 853. The summed E-state index contributed by atoms with van der Waals surface area (Å²) in [6.45, 7) is 9.10. The molecule has 0 aliphatic rings. The van der Waals surface area contributed by atoms with Gasteiger partial charge in [0.25, 0.3) is 5.89 Å². The van der Waals surface area contributed by atoms with Gasteiger partial charge in [-0.05, 0) is 19.8 Å². The second-order valence-corrected chi connectivity index (χ2v) is 6.64. The van der Waals surface area contributed by atoms with Crippen molar-refractivity contribution >= 4 is 16.7 Å². The van der Waals surface area contributed by atoms with Crippen LogP contribution in [0.1, 0.15) is 58.8 Å². The van der Waals surface area contributed by atoms with Crippen LogP contribution in [0.15, 0.2) is 16.8 Å². The molecule has 0 aliphatic carbocycles. The summed E-state index contributed by atoms with van der Waals surface area (Å²) < 4.78 is 7.59. The summed E-state index contributed by atoms with van der Waals surface area (Å²) in [6, 6.07) is 0.401. The third kappa shape index (κ3) is 3.71. The summed E-state index contributed by atoms with van der Waals surface area (Å²) in [5.41, 5.74) is 2.71. The molecule has 3 rings (SSSR count). The lowest BCUT2D eigenvalue weighted by atomic mass is 10.0. The van der Waals surface area contributed by atoms with E-state index in [1.807, 2.05) is 17.1 Å². The van der Waals surface area contributed by atoms with Crippen LogP contribution >= 0.6 is 0 Å². The molecule has 1 atom stereocenters. The quantitative estimate of drug-likeness (QED) is 0.604. The van der Waals surface area contributed by atoms with E-state index in [4.69, 9.17) is 4.42 Å². The van der Waals surface area contributed by atoms with Crippen molar-refractivity contribution in [1.29, 1.82) is 0 Å². The van der Waals surface area contributed by atoms with Crippen molar-refractivity contribution < 1.29 is 4.42 Å². The van der Waals surface area contributed by atoms with E-state index >= 15 is 0 Å². The Labute approximate surface area is 154 Å².